The van der Waals surface area contributed by atoms with E-state index in [1.165, 1.54) is 12.8 Å². The number of anilines is 1. The summed E-state index contributed by atoms with van der Waals surface area (Å²) in [5.41, 5.74) is 3.79. The summed E-state index contributed by atoms with van der Waals surface area (Å²) in [5.74, 6) is 0.955. The number of likely N-dealkylation sites (tertiary alicyclic amines) is 2. The molecule has 3 aromatic rings. The Balaban J connectivity index is 1.10. The lowest BCUT2D eigenvalue weighted by Crippen LogP contribution is -2.59. The van der Waals surface area contributed by atoms with Crippen LogP contribution in [0, 0.1) is 6.92 Å². The monoisotopic (exact) mass is 570 g/mol. The van der Waals surface area contributed by atoms with Crippen molar-refractivity contribution in [3.63, 3.8) is 0 Å². The number of benzene rings is 1. The highest BCUT2D eigenvalue weighted by atomic mass is 16.2. The first-order chi connectivity index (χ1) is 20.4. The van der Waals surface area contributed by atoms with Gasteiger partial charge in [-0.2, -0.15) is 5.10 Å². The zero-order valence-electron chi connectivity index (χ0n) is 24.8. The van der Waals surface area contributed by atoms with Crippen molar-refractivity contribution in [2.24, 2.45) is 0 Å². The minimum atomic E-state index is -0.556. The van der Waals surface area contributed by atoms with Crippen LogP contribution in [0.25, 0.3) is 10.9 Å². The summed E-state index contributed by atoms with van der Waals surface area (Å²) < 4.78 is 0. The lowest BCUT2D eigenvalue weighted by Gasteiger charge is -2.45. The predicted octanol–water partition coefficient (Wildman–Crippen LogP) is 2.40. The zero-order chi connectivity index (χ0) is 28.8. The van der Waals surface area contributed by atoms with Crippen LogP contribution in [0.15, 0.2) is 36.7 Å². The second-order valence-corrected chi connectivity index (χ2v) is 12.8. The molecule has 3 saturated heterocycles. The summed E-state index contributed by atoms with van der Waals surface area (Å²) >= 11 is 0. The van der Waals surface area contributed by atoms with Gasteiger partial charge >= 0.3 is 0 Å². The lowest BCUT2D eigenvalue weighted by molar-refractivity contribution is -0.140. The molecule has 4 aliphatic heterocycles. The Morgan fingerprint density at radius 2 is 1.83 bits per heavy atom. The number of rotatable bonds is 5. The van der Waals surface area contributed by atoms with Gasteiger partial charge in [0.15, 0.2) is 0 Å². The summed E-state index contributed by atoms with van der Waals surface area (Å²) in [4.78, 5) is 41.4. The van der Waals surface area contributed by atoms with E-state index < -0.39 is 5.41 Å². The van der Waals surface area contributed by atoms with Gasteiger partial charge < -0.3 is 15.1 Å². The Hall–Kier alpha value is -3.34. The lowest BCUT2D eigenvalue weighted by atomic mass is 9.73. The van der Waals surface area contributed by atoms with E-state index in [1.54, 1.807) is 6.20 Å². The van der Waals surface area contributed by atoms with Gasteiger partial charge in [0.05, 0.1) is 23.2 Å². The number of aryl methyl sites for hydroxylation is 1. The number of hydrogen-bond donors (Lipinski definition) is 2. The standard InChI is InChI=1S/C32H42N8O2/c1-22-18-23(19-24-21-34-36-28(22)24)20-27(30(41)40-16-14-38(15-17-40)25-5-10-37(2)11-6-25)39-12-7-32(8-13-39)26-4-3-9-33-29(26)35-31(32)42/h3-4,9,18-19,21,25,27H,5-8,10-17,20H2,1-2H3,(H,34,36)(H,33,35,42)/t27-/m1/s1. The maximum Gasteiger partial charge on any atom is 0.240 e. The van der Waals surface area contributed by atoms with E-state index in [4.69, 9.17) is 0 Å². The normalized spacial score (nSPS) is 22.9. The number of fused-ring (bicyclic) bond motifs is 3. The summed E-state index contributed by atoms with van der Waals surface area (Å²) in [5, 5.41) is 11.4. The first-order valence-corrected chi connectivity index (χ1v) is 15.6. The van der Waals surface area contributed by atoms with Crippen LogP contribution < -0.4 is 5.32 Å². The third kappa shape index (κ3) is 4.89. The molecule has 2 N–H and O–H groups in total. The summed E-state index contributed by atoms with van der Waals surface area (Å²) in [6.07, 6.45) is 8.03. The highest BCUT2D eigenvalue weighted by molar-refractivity contribution is 6.05. The molecule has 2 amide bonds. The average molecular weight is 571 g/mol. The molecule has 0 radical (unpaired) electrons. The van der Waals surface area contributed by atoms with Crippen molar-refractivity contribution in [1.82, 2.24) is 34.8 Å². The second-order valence-electron chi connectivity index (χ2n) is 12.8. The predicted molar refractivity (Wildman–Crippen MR) is 162 cm³/mol. The van der Waals surface area contributed by atoms with Crippen LogP contribution in [0.5, 0.6) is 0 Å². The third-order valence-electron chi connectivity index (χ3n) is 10.4. The van der Waals surface area contributed by atoms with Crippen LogP contribution in [-0.2, 0) is 21.4 Å². The number of H-pyrrole nitrogens is 1. The van der Waals surface area contributed by atoms with Crippen molar-refractivity contribution >= 4 is 28.5 Å². The molecule has 0 aliphatic carbocycles. The van der Waals surface area contributed by atoms with E-state index in [2.05, 4.69) is 66.2 Å². The van der Waals surface area contributed by atoms with Gasteiger partial charge in [-0.15, -0.1) is 0 Å². The fraction of sp³-hybridized carbons (Fsp3) is 0.562. The molecule has 1 atom stereocenters. The minimum Gasteiger partial charge on any atom is -0.339 e. The van der Waals surface area contributed by atoms with Gasteiger partial charge in [-0.1, -0.05) is 12.1 Å². The molecule has 0 unspecified atom stereocenters. The Morgan fingerprint density at radius 1 is 1.07 bits per heavy atom. The SMILES string of the molecule is Cc1cc(C[C@H](C(=O)N2CCN(C3CCN(C)CC3)CC2)N2CCC3(CC2)C(=O)Nc2ncccc23)cc2cn[nH]c12. The van der Waals surface area contributed by atoms with Crippen LogP contribution in [0.3, 0.4) is 0 Å². The van der Waals surface area contributed by atoms with E-state index in [-0.39, 0.29) is 17.9 Å². The van der Waals surface area contributed by atoms with E-state index in [0.29, 0.717) is 44.2 Å². The number of aromatic amines is 1. The largest absolute Gasteiger partial charge is 0.339 e. The van der Waals surface area contributed by atoms with Gasteiger partial charge in [-0.25, -0.2) is 4.98 Å². The molecule has 1 aromatic carbocycles. The smallest absolute Gasteiger partial charge is 0.240 e. The molecule has 4 aliphatic rings. The van der Waals surface area contributed by atoms with Crippen molar-refractivity contribution in [3.8, 4) is 0 Å². The topological polar surface area (TPSA) is 101 Å². The second kappa shape index (κ2) is 11.1. The molecule has 3 fully saturated rings. The molecule has 10 nitrogen and oxygen atoms in total. The van der Waals surface area contributed by atoms with Crippen LogP contribution in [0.4, 0.5) is 5.82 Å². The maximum atomic E-state index is 14.4. The first-order valence-electron chi connectivity index (χ1n) is 15.6. The highest BCUT2D eigenvalue weighted by Gasteiger charge is 2.50. The van der Waals surface area contributed by atoms with E-state index in [1.807, 2.05) is 18.3 Å². The third-order valence-corrected chi connectivity index (χ3v) is 10.4. The van der Waals surface area contributed by atoms with Gasteiger partial charge in [-0.3, -0.25) is 24.5 Å². The Morgan fingerprint density at radius 3 is 2.60 bits per heavy atom. The van der Waals surface area contributed by atoms with Crippen molar-refractivity contribution in [2.45, 2.75) is 56.5 Å². The number of piperidine rings is 2. The molecular weight excluding hydrogens is 528 g/mol. The number of aromatic nitrogens is 3. The van der Waals surface area contributed by atoms with Gasteiger partial charge in [0, 0.05) is 62.5 Å². The molecule has 0 bridgehead atoms. The van der Waals surface area contributed by atoms with Gasteiger partial charge in [-0.05, 0) is 82.4 Å². The van der Waals surface area contributed by atoms with Crippen molar-refractivity contribution < 1.29 is 9.59 Å². The summed E-state index contributed by atoms with van der Waals surface area (Å²) in [7, 11) is 2.20. The van der Waals surface area contributed by atoms with E-state index in [9.17, 15) is 9.59 Å². The molecule has 0 saturated carbocycles. The molecule has 2 aromatic heterocycles. The number of piperazine rings is 1. The number of nitrogens with one attached hydrogen (secondary N) is 2. The minimum absolute atomic E-state index is 0.0461. The van der Waals surface area contributed by atoms with Gasteiger partial charge in [0.25, 0.3) is 0 Å². The fourth-order valence-corrected chi connectivity index (χ4v) is 7.86. The van der Waals surface area contributed by atoms with Crippen LogP contribution in [0.1, 0.15) is 42.4 Å². The molecule has 10 heteroatoms. The van der Waals surface area contributed by atoms with E-state index in [0.717, 1.165) is 66.9 Å². The molecule has 7 rings (SSSR count). The number of pyridine rings is 1. The van der Waals surface area contributed by atoms with Crippen LogP contribution in [0.2, 0.25) is 0 Å². The molecule has 6 heterocycles. The number of amides is 2. The number of carbonyl (C=O) groups is 2. The van der Waals surface area contributed by atoms with Crippen molar-refractivity contribution in [1.29, 1.82) is 0 Å². The average Bonchev–Trinajstić information content (AvgIpc) is 3.60. The molecule has 222 valence electrons. The van der Waals surface area contributed by atoms with E-state index >= 15 is 0 Å². The van der Waals surface area contributed by atoms with Crippen LogP contribution in [-0.4, -0.2) is 118 Å². The quantitative estimate of drug-likeness (QED) is 0.486. The molecule has 42 heavy (non-hydrogen) atoms. The van der Waals surface area contributed by atoms with Gasteiger partial charge in [0.2, 0.25) is 11.8 Å². The Kier molecular flexibility index (Phi) is 7.24. The van der Waals surface area contributed by atoms with Crippen molar-refractivity contribution in [2.75, 3.05) is 64.7 Å². The van der Waals surface area contributed by atoms with Crippen LogP contribution >= 0.6 is 0 Å². The zero-order valence-corrected chi connectivity index (χ0v) is 24.8. The summed E-state index contributed by atoms with van der Waals surface area (Å²) in [6, 6.07) is 8.68. The number of hydrogen-bond acceptors (Lipinski definition) is 7. The molecular formula is C32H42N8O2. The highest BCUT2D eigenvalue weighted by Crippen LogP contribution is 2.44. The summed E-state index contributed by atoms with van der Waals surface area (Å²) in [6.45, 7) is 9.24. The first kappa shape index (κ1) is 27.5. The fourth-order valence-electron chi connectivity index (χ4n) is 7.86. The maximum absolute atomic E-state index is 14.4. The Bertz CT molecular complexity index is 1460. The Labute approximate surface area is 247 Å². The number of nitrogens with zero attached hydrogens (tertiary/aromatic N) is 6. The molecule has 1 spiro atoms. The van der Waals surface area contributed by atoms with Gasteiger partial charge in [0.1, 0.15) is 5.82 Å². The van der Waals surface area contributed by atoms with Crippen molar-refractivity contribution in [3.05, 3.63) is 53.3 Å². The number of carbonyl (C=O) groups excluding carboxylic acids is 2.